The number of ether oxygens (including phenoxy) is 1. The first-order valence-electron chi connectivity index (χ1n) is 12.7. The summed E-state index contributed by atoms with van der Waals surface area (Å²) in [5.74, 6) is 1.09. The largest absolute Gasteiger partial charge is 0.466 e. The van der Waals surface area contributed by atoms with Gasteiger partial charge in [-0.25, -0.2) is 0 Å². The molecular weight excluding hydrogens is 424 g/mol. The fraction of sp³-hybridized carbons (Fsp3) is 0.536. The van der Waals surface area contributed by atoms with E-state index in [0.717, 1.165) is 54.9 Å². The molecule has 4 unspecified atom stereocenters. The molecule has 0 bridgehead atoms. The Balaban J connectivity index is 1.63. The van der Waals surface area contributed by atoms with Gasteiger partial charge in [0.25, 0.3) is 0 Å². The zero-order valence-electron chi connectivity index (χ0n) is 20.6. The van der Waals surface area contributed by atoms with E-state index in [0.29, 0.717) is 18.4 Å². The Morgan fingerprint density at radius 1 is 0.971 bits per heavy atom. The normalized spacial score (nSPS) is 24.8. The Bertz CT molecular complexity index is 1020. The first-order chi connectivity index (χ1) is 16.6. The lowest BCUT2D eigenvalue weighted by atomic mass is 9.70. The molecule has 0 amide bonds. The second kappa shape index (κ2) is 11.5. The van der Waals surface area contributed by atoms with Gasteiger partial charge in [0.05, 0.1) is 29.4 Å². The van der Waals surface area contributed by atoms with Crippen molar-refractivity contribution in [1.29, 1.82) is 0 Å². The molecule has 0 saturated heterocycles. The number of carbonyl (C=O) groups excluding carboxylic acids is 1. The van der Waals surface area contributed by atoms with Crippen molar-refractivity contribution in [1.82, 2.24) is 9.97 Å². The van der Waals surface area contributed by atoms with Crippen LogP contribution in [0.4, 0.5) is 0 Å². The summed E-state index contributed by atoms with van der Waals surface area (Å²) < 4.78 is 5.41. The lowest BCUT2D eigenvalue weighted by Gasteiger charge is -2.36. The second-order valence-corrected chi connectivity index (χ2v) is 9.75. The first kappa shape index (κ1) is 24.2. The van der Waals surface area contributed by atoms with E-state index in [9.17, 15) is 4.79 Å². The number of pyridine rings is 2. The summed E-state index contributed by atoms with van der Waals surface area (Å²) in [5, 5.41) is 9.46. The second-order valence-electron chi connectivity index (χ2n) is 9.75. The molecular formula is C28H36N4O2. The fourth-order valence-electron chi connectivity index (χ4n) is 5.24. The Kier molecular flexibility index (Phi) is 8.20. The fourth-order valence-corrected chi connectivity index (χ4v) is 5.24. The summed E-state index contributed by atoms with van der Waals surface area (Å²) in [7, 11) is 0. The van der Waals surface area contributed by atoms with Gasteiger partial charge in [0.2, 0.25) is 0 Å². The van der Waals surface area contributed by atoms with Gasteiger partial charge in [0, 0.05) is 31.2 Å². The van der Waals surface area contributed by atoms with E-state index >= 15 is 0 Å². The van der Waals surface area contributed by atoms with Crippen LogP contribution in [-0.4, -0.2) is 34.0 Å². The molecule has 0 spiro atoms. The van der Waals surface area contributed by atoms with Crippen LogP contribution in [0.3, 0.4) is 0 Å². The Labute approximate surface area is 203 Å². The molecule has 4 atom stereocenters. The van der Waals surface area contributed by atoms with Crippen LogP contribution >= 0.6 is 0 Å². The number of aryl methyl sites for hydroxylation is 1. The highest BCUT2D eigenvalue weighted by molar-refractivity contribution is 6.10. The minimum Gasteiger partial charge on any atom is -0.466 e. The number of hydrogen-bond acceptors (Lipinski definition) is 6. The van der Waals surface area contributed by atoms with E-state index in [1.165, 1.54) is 25.3 Å². The predicted molar refractivity (Wildman–Crippen MR) is 135 cm³/mol. The van der Waals surface area contributed by atoms with Gasteiger partial charge < -0.3 is 4.74 Å². The van der Waals surface area contributed by atoms with E-state index in [2.05, 4.69) is 31.0 Å². The zero-order valence-corrected chi connectivity index (χ0v) is 20.6. The maximum Gasteiger partial charge on any atom is 0.302 e. The molecule has 2 aliphatic rings. The third kappa shape index (κ3) is 5.78. The molecule has 2 aromatic rings. The molecule has 0 N–H and O–H groups in total. The maximum atomic E-state index is 11.4. The number of carbonyl (C=O) groups is 1. The van der Waals surface area contributed by atoms with E-state index < -0.39 is 0 Å². The molecule has 1 aliphatic carbocycles. The number of aromatic nitrogens is 2. The third-order valence-corrected chi connectivity index (χ3v) is 7.37. The van der Waals surface area contributed by atoms with E-state index in [4.69, 9.17) is 19.9 Å². The highest BCUT2D eigenvalue weighted by atomic mass is 16.5. The Morgan fingerprint density at radius 2 is 1.71 bits per heavy atom. The standard InChI is InChI=1S/C28H36N4O2/c1-4-5-8-21-11-15-26(30-17-21)28-23-13-10-19(2)22(18-34-20(3)33)12-14-24(23)27(31-32-28)25-9-6-7-16-29-25/h6-7,9,11,15-17,19,22-24H,4-5,8,10,12-14,18H2,1-3H3. The lowest BCUT2D eigenvalue weighted by molar-refractivity contribution is -0.143. The van der Waals surface area contributed by atoms with E-state index in [1.54, 1.807) is 0 Å². The molecule has 1 aliphatic heterocycles. The van der Waals surface area contributed by atoms with E-state index in [1.807, 2.05) is 30.6 Å². The highest BCUT2D eigenvalue weighted by Crippen LogP contribution is 2.39. The van der Waals surface area contributed by atoms with Crippen LogP contribution in [0.15, 0.2) is 52.9 Å². The lowest BCUT2D eigenvalue weighted by Crippen LogP contribution is -2.38. The summed E-state index contributed by atoms with van der Waals surface area (Å²) in [6.45, 7) is 6.47. The van der Waals surface area contributed by atoms with E-state index in [-0.39, 0.29) is 17.8 Å². The van der Waals surface area contributed by atoms with Crippen LogP contribution in [0.25, 0.3) is 0 Å². The number of nitrogens with zero attached hydrogens (tertiary/aromatic N) is 4. The van der Waals surface area contributed by atoms with Gasteiger partial charge in [0.15, 0.2) is 0 Å². The summed E-state index contributed by atoms with van der Waals surface area (Å²) >= 11 is 0. The molecule has 6 nitrogen and oxygen atoms in total. The van der Waals surface area contributed by atoms with Gasteiger partial charge in [0.1, 0.15) is 0 Å². The van der Waals surface area contributed by atoms with Crippen LogP contribution in [0, 0.1) is 23.7 Å². The van der Waals surface area contributed by atoms with Crippen molar-refractivity contribution in [2.75, 3.05) is 6.61 Å². The number of fused-ring (bicyclic) bond motifs is 1. The minimum atomic E-state index is -0.205. The van der Waals surface area contributed by atoms with Crippen molar-refractivity contribution in [3.8, 4) is 0 Å². The quantitative estimate of drug-likeness (QED) is 0.501. The average molecular weight is 461 g/mol. The molecule has 1 fully saturated rings. The smallest absolute Gasteiger partial charge is 0.302 e. The highest BCUT2D eigenvalue weighted by Gasteiger charge is 2.38. The van der Waals surface area contributed by atoms with Gasteiger partial charge in [-0.05, 0) is 74.1 Å². The van der Waals surface area contributed by atoms with Crippen molar-refractivity contribution >= 4 is 17.4 Å². The molecule has 1 saturated carbocycles. The van der Waals surface area contributed by atoms with Crippen molar-refractivity contribution in [2.45, 2.75) is 65.7 Å². The van der Waals surface area contributed by atoms with Crippen LogP contribution < -0.4 is 0 Å². The Hall–Kier alpha value is -2.89. The number of esters is 1. The average Bonchev–Trinajstić information content (AvgIpc) is 2.85. The monoisotopic (exact) mass is 460 g/mol. The van der Waals surface area contributed by atoms with Crippen LogP contribution in [0.1, 0.15) is 76.2 Å². The van der Waals surface area contributed by atoms with Gasteiger partial charge in [-0.2, -0.15) is 10.2 Å². The molecule has 0 radical (unpaired) electrons. The topological polar surface area (TPSA) is 76.8 Å². The summed E-state index contributed by atoms with van der Waals surface area (Å²) in [6, 6.07) is 10.3. The van der Waals surface area contributed by atoms with Crippen molar-refractivity contribution in [3.05, 3.63) is 59.7 Å². The summed E-state index contributed by atoms with van der Waals surface area (Å²) in [6.07, 6.45) is 11.2. The van der Waals surface area contributed by atoms with Crippen molar-refractivity contribution in [2.24, 2.45) is 33.9 Å². The molecule has 34 heavy (non-hydrogen) atoms. The maximum absolute atomic E-state index is 11.4. The minimum absolute atomic E-state index is 0.205. The molecule has 6 heteroatoms. The predicted octanol–water partition coefficient (Wildman–Crippen LogP) is 5.65. The van der Waals surface area contributed by atoms with Gasteiger partial charge in [-0.3, -0.25) is 14.8 Å². The van der Waals surface area contributed by atoms with Crippen LogP contribution in [-0.2, 0) is 16.0 Å². The SMILES string of the molecule is CCCCc1ccc(C2=NN=C(c3ccccn3)C3CCC(COC(C)=O)C(C)CCC23)nc1. The number of unbranched alkanes of at least 4 members (excludes halogenated alkanes) is 1. The molecule has 3 heterocycles. The molecule has 2 aromatic heterocycles. The van der Waals surface area contributed by atoms with Gasteiger partial charge >= 0.3 is 5.97 Å². The first-order valence-corrected chi connectivity index (χ1v) is 12.7. The molecule has 180 valence electrons. The number of hydrogen-bond donors (Lipinski definition) is 0. The van der Waals surface area contributed by atoms with Gasteiger partial charge in [-0.15, -0.1) is 0 Å². The summed E-state index contributed by atoms with van der Waals surface area (Å²) in [5.41, 5.74) is 5.07. The molecule has 0 aromatic carbocycles. The molecule has 4 rings (SSSR count). The number of rotatable bonds is 7. The third-order valence-electron chi connectivity index (χ3n) is 7.37. The van der Waals surface area contributed by atoms with Crippen LogP contribution in [0.2, 0.25) is 0 Å². The van der Waals surface area contributed by atoms with Crippen LogP contribution in [0.5, 0.6) is 0 Å². The Morgan fingerprint density at radius 3 is 2.32 bits per heavy atom. The summed E-state index contributed by atoms with van der Waals surface area (Å²) in [4.78, 5) is 20.8. The zero-order chi connectivity index (χ0) is 23.9. The van der Waals surface area contributed by atoms with Gasteiger partial charge in [-0.1, -0.05) is 32.4 Å². The van der Waals surface area contributed by atoms with Crippen molar-refractivity contribution < 1.29 is 9.53 Å². The van der Waals surface area contributed by atoms with Crippen molar-refractivity contribution in [3.63, 3.8) is 0 Å².